The molecule has 0 saturated heterocycles. The van der Waals surface area contributed by atoms with E-state index in [0.29, 0.717) is 17.9 Å². The van der Waals surface area contributed by atoms with Crippen LogP contribution < -0.4 is 15.2 Å². The summed E-state index contributed by atoms with van der Waals surface area (Å²) in [5, 5.41) is 1.97. The number of anilines is 1. The highest BCUT2D eigenvalue weighted by molar-refractivity contribution is 7.89. The Balaban J connectivity index is 2.12. The van der Waals surface area contributed by atoms with Gasteiger partial charge in [-0.15, -0.1) is 11.3 Å². The normalized spacial score (nSPS) is 13.0. The minimum Gasteiger partial charge on any atom is -0.495 e. The van der Waals surface area contributed by atoms with Gasteiger partial charge in [-0.2, -0.15) is 0 Å². The van der Waals surface area contributed by atoms with Crippen LogP contribution in [0.15, 0.2) is 40.6 Å². The maximum absolute atomic E-state index is 12.3. The Morgan fingerprint density at radius 2 is 2.14 bits per heavy atom. The van der Waals surface area contributed by atoms with E-state index in [1.165, 1.54) is 19.2 Å². The van der Waals surface area contributed by atoms with Gasteiger partial charge in [-0.05, 0) is 43.0 Å². The van der Waals surface area contributed by atoms with Crippen LogP contribution in [0.4, 0.5) is 5.69 Å². The van der Waals surface area contributed by atoms with Crippen molar-refractivity contribution < 1.29 is 13.2 Å². The Hall–Kier alpha value is -1.57. The van der Waals surface area contributed by atoms with Gasteiger partial charge in [-0.1, -0.05) is 6.07 Å². The Bertz CT molecular complexity index is 697. The molecule has 0 aliphatic rings. The lowest BCUT2D eigenvalue weighted by Gasteiger charge is -2.14. The summed E-state index contributed by atoms with van der Waals surface area (Å²) < 4.78 is 32.3. The summed E-state index contributed by atoms with van der Waals surface area (Å²) in [6.45, 7) is 1.84. The van der Waals surface area contributed by atoms with Gasteiger partial charge in [0.05, 0.1) is 17.7 Å². The van der Waals surface area contributed by atoms with E-state index in [0.717, 1.165) is 4.88 Å². The molecule has 21 heavy (non-hydrogen) atoms. The number of hydrogen-bond donors (Lipinski definition) is 2. The average Bonchev–Trinajstić information content (AvgIpc) is 2.90. The summed E-state index contributed by atoms with van der Waals surface area (Å²) >= 11 is 1.61. The zero-order valence-electron chi connectivity index (χ0n) is 11.9. The largest absolute Gasteiger partial charge is 0.495 e. The molecule has 0 spiro atoms. The number of benzene rings is 1. The summed E-state index contributed by atoms with van der Waals surface area (Å²) in [6, 6.07) is 8.17. The molecule has 1 aromatic heterocycles. The second-order valence-corrected chi connectivity index (χ2v) is 7.46. The Kier molecular flexibility index (Phi) is 4.87. The minimum absolute atomic E-state index is 0.138. The number of nitrogens with two attached hydrogens (primary N) is 1. The van der Waals surface area contributed by atoms with E-state index in [1.807, 2.05) is 24.4 Å². The second-order valence-electron chi connectivity index (χ2n) is 4.71. The SMILES string of the molecule is COc1ccc(S(=O)(=O)NC(C)Cc2cccs2)cc1N. The first-order chi connectivity index (χ1) is 9.92. The van der Waals surface area contributed by atoms with Gasteiger partial charge in [0.15, 0.2) is 0 Å². The molecule has 114 valence electrons. The summed E-state index contributed by atoms with van der Waals surface area (Å²) in [7, 11) is -2.10. The van der Waals surface area contributed by atoms with E-state index in [1.54, 1.807) is 17.4 Å². The van der Waals surface area contributed by atoms with Crippen molar-refractivity contribution in [3.05, 3.63) is 40.6 Å². The highest BCUT2D eigenvalue weighted by atomic mass is 32.2. The van der Waals surface area contributed by atoms with E-state index < -0.39 is 10.0 Å². The number of hydrogen-bond acceptors (Lipinski definition) is 5. The van der Waals surface area contributed by atoms with Crippen LogP contribution in [0.2, 0.25) is 0 Å². The number of ether oxygens (including phenoxy) is 1. The topological polar surface area (TPSA) is 81.4 Å². The van der Waals surface area contributed by atoms with Crippen molar-refractivity contribution in [3.63, 3.8) is 0 Å². The molecule has 1 aromatic carbocycles. The van der Waals surface area contributed by atoms with Gasteiger partial charge in [-0.25, -0.2) is 13.1 Å². The zero-order chi connectivity index (χ0) is 15.5. The van der Waals surface area contributed by atoms with Gasteiger partial charge in [0.1, 0.15) is 5.75 Å². The van der Waals surface area contributed by atoms with Crippen molar-refractivity contribution in [3.8, 4) is 5.75 Å². The molecule has 5 nitrogen and oxygen atoms in total. The number of sulfonamides is 1. The van der Waals surface area contributed by atoms with Crippen LogP contribution >= 0.6 is 11.3 Å². The van der Waals surface area contributed by atoms with Gasteiger partial charge < -0.3 is 10.5 Å². The van der Waals surface area contributed by atoms with Gasteiger partial charge in [0.2, 0.25) is 10.0 Å². The van der Waals surface area contributed by atoms with Crippen LogP contribution in [0.5, 0.6) is 5.75 Å². The van der Waals surface area contributed by atoms with Crippen LogP contribution in [-0.4, -0.2) is 21.6 Å². The smallest absolute Gasteiger partial charge is 0.240 e. The molecule has 7 heteroatoms. The number of nitrogens with one attached hydrogen (secondary N) is 1. The Labute approximate surface area is 128 Å². The number of thiophene rings is 1. The van der Waals surface area contributed by atoms with E-state index in [9.17, 15) is 8.42 Å². The number of rotatable bonds is 6. The molecule has 2 aromatic rings. The average molecular weight is 326 g/mol. The maximum Gasteiger partial charge on any atom is 0.240 e. The fourth-order valence-corrected chi connectivity index (χ4v) is 4.10. The molecule has 0 saturated carbocycles. The lowest BCUT2D eigenvalue weighted by Crippen LogP contribution is -2.33. The Morgan fingerprint density at radius 1 is 1.38 bits per heavy atom. The molecule has 0 aliphatic heterocycles. The van der Waals surface area contributed by atoms with E-state index in [4.69, 9.17) is 10.5 Å². The van der Waals surface area contributed by atoms with Crippen LogP contribution in [0.1, 0.15) is 11.8 Å². The lowest BCUT2D eigenvalue weighted by atomic mass is 10.2. The van der Waals surface area contributed by atoms with Crippen molar-refractivity contribution in [2.75, 3.05) is 12.8 Å². The fourth-order valence-electron chi connectivity index (χ4n) is 1.98. The van der Waals surface area contributed by atoms with Crippen molar-refractivity contribution in [1.29, 1.82) is 0 Å². The van der Waals surface area contributed by atoms with Crippen LogP contribution in [0.25, 0.3) is 0 Å². The van der Waals surface area contributed by atoms with E-state index in [2.05, 4.69) is 4.72 Å². The molecule has 0 fully saturated rings. The first-order valence-corrected chi connectivity index (χ1v) is 8.77. The minimum atomic E-state index is -3.59. The zero-order valence-corrected chi connectivity index (χ0v) is 13.5. The van der Waals surface area contributed by atoms with E-state index in [-0.39, 0.29) is 10.9 Å². The summed E-state index contributed by atoms with van der Waals surface area (Å²) in [6.07, 6.45) is 0.655. The van der Waals surface area contributed by atoms with Gasteiger partial charge in [0.25, 0.3) is 0 Å². The molecule has 3 N–H and O–H groups in total. The van der Waals surface area contributed by atoms with Crippen molar-refractivity contribution in [2.24, 2.45) is 0 Å². The lowest BCUT2D eigenvalue weighted by molar-refractivity contribution is 0.416. The third kappa shape index (κ3) is 3.96. The molecular formula is C14H18N2O3S2. The van der Waals surface area contributed by atoms with Crippen LogP contribution in [0, 0.1) is 0 Å². The number of nitrogen functional groups attached to an aromatic ring is 1. The number of methoxy groups -OCH3 is 1. The van der Waals surface area contributed by atoms with Crippen LogP contribution in [0.3, 0.4) is 0 Å². The first kappa shape index (κ1) is 15.8. The standard InChI is InChI=1S/C14H18N2O3S2/c1-10(8-11-4-3-7-20-11)16-21(17,18)12-5-6-14(19-2)13(15)9-12/h3-7,9-10,16H,8,15H2,1-2H3. The molecule has 1 unspecified atom stereocenters. The van der Waals surface area contributed by atoms with Crippen molar-refractivity contribution in [1.82, 2.24) is 4.72 Å². The molecule has 0 bridgehead atoms. The third-order valence-electron chi connectivity index (χ3n) is 2.96. The predicted octanol–water partition coefficient (Wildman–Crippen LogP) is 2.25. The van der Waals surface area contributed by atoms with Crippen molar-refractivity contribution in [2.45, 2.75) is 24.3 Å². The molecule has 2 rings (SSSR count). The monoisotopic (exact) mass is 326 g/mol. The molecule has 0 aliphatic carbocycles. The highest BCUT2D eigenvalue weighted by Crippen LogP contribution is 2.24. The van der Waals surface area contributed by atoms with E-state index >= 15 is 0 Å². The predicted molar refractivity (Wildman–Crippen MR) is 85.2 cm³/mol. The Morgan fingerprint density at radius 3 is 2.71 bits per heavy atom. The van der Waals surface area contributed by atoms with Gasteiger partial charge in [0, 0.05) is 10.9 Å². The summed E-state index contributed by atoms with van der Waals surface area (Å²) in [5.74, 6) is 0.459. The molecule has 1 atom stereocenters. The maximum atomic E-state index is 12.3. The molecule has 0 amide bonds. The molecule has 1 heterocycles. The first-order valence-electron chi connectivity index (χ1n) is 6.40. The quantitative estimate of drug-likeness (QED) is 0.798. The van der Waals surface area contributed by atoms with Crippen LogP contribution in [-0.2, 0) is 16.4 Å². The molecular weight excluding hydrogens is 308 g/mol. The van der Waals surface area contributed by atoms with Crippen molar-refractivity contribution >= 4 is 27.0 Å². The second kappa shape index (κ2) is 6.46. The summed E-state index contributed by atoms with van der Waals surface area (Å²) in [5.41, 5.74) is 6.05. The summed E-state index contributed by atoms with van der Waals surface area (Å²) in [4.78, 5) is 1.28. The van der Waals surface area contributed by atoms with Gasteiger partial charge >= 0.3 is 0 Å². The third-order valence-corrected chi connectivity index (χ3v) is 5.44. The fraction of sp³-hybridized carbons (Fsp3) is 0.286. The van der Waals surface area contributed by atoms with Gasteiger partial charge in [-0.3, -0.25) is 0 Å². The molecule has 0 radical (unpaired) electrons. The highest BCUT2D eigenvalue weighted by Gasteiger charge is 2.19.